The maximum Gasteiger partial charge on any atom is 0.412 e. The number of phenolic OH excluding ortho intramolecular Hbond substituents is 1. The van der Waals surface area contributed by atoms with Gasteiger partial charge >= 0.3 is 12.1 Å². The molecule has 0 spiro atoms. The number of ether oxygens (including phenoxy) is 3. The summed E-state index contributed by atoms with van der Waals surface area (Å²) in [5, 5.41) is 13.0. The number of methoxy groups -OCH3 is 1. The highest BCUT2D eigenvalue weighted by Crippen LogP contribution is 2.33. The van der Waals surface area contributed by atoms with Crippen LogP contribution < -0.4 is 5.32 Å². The average Bonchev–Trinajstić information content (AvgIpc) is 2.73. The summed E-state index contributed by atoms with van der Waals surface area (Å²) in [7, 11) is 1.46. The van der Waals surface area contributed by atoms with E-state index in [-0.39, 0.29) is 24.5 Å². The van der Waals surface area contributed by atoms with Gasteiger partial charge in [-0.1, -0.05) is 15.9 Å². The molecule has 0 saturated heterocycles. The highest BCUT2D eigenvalue weighted by molar-refractivity contribution is 14.1. The van der Waals surface area contributed by atoms with Crippen molar-refractivity contribution in [3.05, 3.63) is 56.1 Å². The SMILES string of the molecule is CO[C@H](CCOC(=O)CS)[C@H](OC(=O)Nc1ccc(Br)cc1)c1cc(I)ccc1O. The Kier molecular flexibility index (Phi) is 10.2. The molecule has 1 amide bonds. The van der Waals surface area contributed by atoms with Crippen LogP contribution in [0.2, 0.25) is 0 Å². The molecule has 2 atom stereocenters. The van der Waals surface area contributed by atoms with Gasteiger partial charge in [0.2, 0.25) is 0 Å². The first kappa shape index (κ1) is 24.8. The fraction of sp³-hybridized carbons (Fsp3) is 0.300. The van der Waals surface area contributed by atoms with Crippen molar-refractivity contribution in [3.8, 4) is 5.75 Å². The van der Waals surface area contributed by atoms with Crippen LogP contribution in [0.1, 0.15) is 18.1 Å². The van der Waals surface area contributed by atoms with Crippen LogP contribution in [0.4, 0.5) is 10.5 Å². The number of aromatic hydroxyl groups is 1. The Hall–Kier alpha value is -1.50. The predicted octanol–water partition coefficient (Wildman–Crippen LogP) is 4.93. The third-order valence-corrected chi connectivity index (χ3v) is 5.51. The van der Waals surface area contributed by atoms with Crippen LogP contribution in [-0.2, 0) is 19.0 Å². The van der Waals surface area contributed by atoms with E-state index in [1.165, 1.54) is 13.2 Å². The summed E-state index contributed by atoms with van der Waals surface area (Å²) in [4.78, 5) is 23.9. The summed E-state index contributed by atoms with van der Waals surface area (Å²) in [6, 6.07) is 12.0. The number of thiol groups is 1. The maximum atomic E-state index is 12.5. The molecule has 7 nitrogen and oxygen atoms in total. The monoisotopic (exact) mass is 609 g/mol. The fourth-order valence-corrected chi connectivity index (χ4v) is 3.49. The lowest BCUT2D eigenvalue weighted by Crippen LogP contribution is -2.29. The first-order chi connectivity index (χ1) is 14.3. The van der Waals surface area contributed by atoms with Crippen molar-refractivity contribution in [1.29, 1.82) is 0 Å². The Morgan fingerprint density at radius 3 is 2.57 bits per heavy atom. The first-order valence-electron chi connectivity index (χ1n) is 8.85. The minimum absolute atomic E-state index is 0.0359. The van der Waals surface area contributed by atoms with Gasteiger partial charge in [0.1, 0.15) is 11.9 Å². The number of carbonyl (C=O) groups is 2. The highest BCUT2D eigenvalue weighted by atomic mass is 127. The number of benzene rings is 2. The zero-order valence-corrected chi connectivity index (χ0v) is 20.6. The van der Waals surface area contributed by atoms with E-state index in [2.05, 4.69) is 56.5 Å². The molecule has 2 N–H and O–H groups in total. The van der Waals surface area contributed by atoms with Gasteiger partial charge in [-0.2, -0.15) is 12.6 Å². The maximum absolute atomic E-state index is 12.5. The topological polar surface area (TPSA) is 94.1 Å². The molecule has 30 heavy (non-hydrogen) atoms. The second-order valence-electron chi connectivity index (χ2n) is 6.10. The van der Waals surface area contributed by atoms with Gasteiger partial charge in [0.15, 0.2) is 6.10 Å². The van der Waals surface area contributed by atoms with Gasteiger partial charge in [-0.3, -0.25) is 10.1 Å². The Morgan fingerprint density at radius 2 is 1.93 bits per heavy atom. The predicted molar refractivity (Wildman–Crippen MR) is 128 cm³/mol. The molecule has 0 aliphatic carbocycles. The van der Waals surface area contributed by atoms with Crippen molar-refractivity contribution in [2.75, 3.05) is 24.8 Å². The Labute approximate surface area is 202 Å². The Morgan fingerprint density at radius 1 is 1.23 bits per heavy atom. The van der Waals surface area contributed by atoms with E-state index in [0.717, 1.165) is 8.04 Å². The average molecular weight is 610 g/mol. The van der Waals surface area contributed by atoms with Crippen LogP contribution in [0.25, 0.3) is 0 Å². The molecule has 0 saturated carbocycles. The van der Waals surface area contributed by atoms with E-state index in [9.17, 15) is 14.7 Å². The molecule has 0 aromatic heterocycles. The van der Waals surface area contributed by atoms with Crippen molar-refractivity contribution in [2.45, 2.75) is 18.6 Å². The second-order valence-corrected chi connectivity index (χ2v) is 8.58. The Balaban J connectivity index is 2.21. The van der Waals surface area contributed by atoms with Gasteiger partial charge in [-0.15, -0.1) is 0 Å². The molecule has 2 aromatic carbocycles. The van der Waals surface area contributed by atoms with Crippen molar-refractivity contribution in [1.82, 2.24) is 0 Å². The van der Waals surface area contributed by atoms with Gasteiger partial charge in [-0.05, 0) is 65.1 Å². The number of nitrogens with one attached hydrogen (secondary N) is 1. The molecular weight excluding hydrogens is 589 g/mol. The number of anilines is 1. The zero-order chi connectivity index (χ0) is 22.1. The number of amides is 1. The molecule has 2 rings (SSSR count). The summed E-state index contributed by atoms with van der Waals surface area (Å²) in [5.74, 6) is -0.535. The lowest BCUT2D eigenvalue weighted by Gasteiger charge is -2.27. The highest BCUT2D eigenvalue weighted by Gasteiger charge is 2.30. The van der Waals surface area contributed by atoms with E-state index >= 15 is 0 Å². The van der Waals surface area contributed by atoms with Crippen LogP contribution in [0.3, 0.4) is 0 Å². The molecule has 0 radical (unpaired) electrons. The quantitative estimate of drug-likeness (QED) is 0.212. The molecule has 2 aromatic rings. The van der Waals surface area contributed by atoms with Gasteiger partial charge in [0.05, 0.1) is 12.4 Å². The molecule has 0 aliphatic rings. The number of halogens is 2. The fourth-order valence-electron chi connectivity index (χ4n) is 2.62. The van der Waals surface area contributed by atoms with Crippen molar-refractivity contribution >= 4 is 68.9 Å². The smallest absolute Gasteiger partial charge is 0.412 e. The van der Waals surface area contributed by atoms with Crippen LogP contribution in [-0.4, -0.2) is 42.7 Å². The molecule has 10 heteroatoms. The van der Waals surface area contributed by atoms with Gasteiger partial charge in [0.25, 0.3) is 0 Å². The summed E-state index contributed by atoms with van der Waals surface area (Å²) >= 11 is 9.30. The lowest BCUT2D eigenvalue weighted by atomic mass is 10.0. The van der Waals surface area contributed by atoms with E-state index in [1.807, 2.05) is 0 Å². The minimum Gasteiger partial charge on any atom is -0.508 e. The number of esters is 1. The van der Waals surface area contributed by atoms with Crippen molar-refractivity contribution < 1.29 is 28.9 Å². The van der Waals surface area contributed by atoms with E-state index < -0.39 is 24.3 Å². The van der Waals surface area contributed by atoms with Gasteiger partial charge in [0, 0.05) is 32.8 Å². The number of hydrogen-bond acceptors (Lipinski definition) is 7. The molecule has 162 valence electrons. The number of carbonyl (C=O) groups excluding carboxylic acids is 2. The normalized spacial score (nSPS) is 12.7. The lowest BCUT2D eigenvalue weighted by molar-refractivity contribution is -0.141. The molecular formula is C20H21BrINO6S. The van der Waals surface area contributed by atoms with Crippen LogP contribution in [0.5, 0.6) is 5.75 Å². The Bertz CT molecular complexity index is 867. The molecule has 0 bridgehead atoms. The first-order valence-corrected chi connectivity index (χ1v) is 11.4. The van der Waals surface area contributed by atoms with E-state index in [0.29, 0.717) is 11.3 Å². The van der Waals surface area contributed by atoms with E-state index in [4.69, 9.17) is 14.2 Å². The summed E-state index contributed by atoms with van der Waals surface area (Å²) < 4.78 is 17.9. The number of hydrogen-bond donors (Lipinski definition) is 3. The van der Waals surface area contributed by atoms with Crippen LogP contribution >= 0.6 is 51.1 Å². The zero-order valence-electron chi connectivity index (χ0n) is 16.0. The third kappa shape index (κ3) is 7.64. The molecule has 0 aliphatic heterocycles. The molecule has 0 unspecified atom stereocenters. The number of rotatable bonds is 9. The summed E-state index contributed by atoms with van der Waals surface area (Å²) in [6.07, 6.45) is -2.07. The largest absolute Gasteiger partial charge is 0.508 e. The molecule has 0 fully saturated rings. The standard InChI is InChI=1S/C20H21BrINO6S/c1-27-17(8-9-28-18(25)11-30)19(15-10-13(22)4-7-16(15)24)29-20(26)23-14-5-2-12(21)3-6-14/h2-7,10,17,19,24,30H,8-9,11H2,1H3,(H,23,26)/t17-,19-/m1/s1. The summed E-state index contributed by atoms with van der Waals surface area (Å²) in [6.45, 7) is 0.0524. The second kappa shape index (κ2) is 12.4. The summed E-state index contributed by atoms with van der Waals surface area (Å²) in [5.41, 5.74) is 0.936. The van der Waals surface area contributed by atoms with Crippen molar-refractivity contribution in [3.63, 3.8) is 0 Å². The third-order valence-electron chi connectivity index (χ3n) is 4.06. The molecule has 0 heterocycles. The van der Waals surface area contributed by atoms with Crippen molar-refractivity contribution in [2.24, 2.45) is 0 Å². The van der Waals surface area contributed by atoms with Gasteiger partial charge in [-0.25, -0.2) is 4.79 Å². The van der Waals surface area contributed by atoms with Gasteiger partial charge < -0.3 is 19.3 Å². The van der Waals surface area contributed by atoms with Crippen LogP contribution in [0.15, 0.2) is 46.9 Å². The van der Waals surface area contributed by atoms with Crippen LogP contribution in [0, 0.1) is 3.57 Å². The number of phenols is 1. The van der Waals surface area contributed by atoms with E-state index in [1.54, 1.807) is 36.4 Å². The minimum atomic E-state index is -0.935.